The maximum absolute atomic E-state index is 13.6. The smallest absolute Gasteiger partial charge is 0.307 e. The van der Waals surface area contributed by atoms with Gasteiger partial charge in [-0.3, -0.25) is 9.59 Å². The van der Waals surface area contributed by atoms with Gasteiger partial charge in [0, 0.05) is 4.47 Å². The molecule has 1 aromatic carbocycles. The third-order valence-electron chi connectivity index (χ3n) is 3.38. The van der Waals surface area contributed by atoms with Crippen molar-refractivity contribution in [2.24, 2.45) is 11.8 Å². The highest BCUT2D eigenvalue weighted by molar-refractivity contribution is 9.10. The molecule has 2 rings (SSSR count). The zero-order chi connectivity index (χ0) is 14.0. The fraction of sp³-hybridized carbons (Fsp3) is 0.385. The van der Waals surface area contributed by atoms with E-state index < -0.39 is 29.5 Å². The lowest BCUT2D eigenvalue weighted by molar-refractivity contribution is -0.145. The van der Waals surface area contributed by atoms with Gasteiger partial charge in [0.25, 0.3) is 0 Å². The average molecular weight is 330 g/mol. The van der Waals surface area contributed by atoms with Crippen LogP contribution >= 0.6 is 15.9 Å². The van der Waals surface area contributed by atoms with Gasteiger partial charge in [-0.15, -0.1) is 0 Å². The maximum Gasteiger partial charge on any atom is 0.307 e. The van der Waals surface area contributed by atoms with Crippen LogP contribution in [0, 0.1) is 17.7 Å². The number of amides is 1. The number of carboxylic acids is 1. The molecule has 2 atom stereocenters. The zero-order valence-electron chi connectivity index (χ0n) is 10.0. The molecule has 4 nitrogen and oxygen atoms in total. The Bertz CT molecular complexity index is 500. The van der Waals surface area contributed by atoms with Crippen molar-refractivity contribution in [3.8, 4) is 0 Å². The van der Waals surface area contributed by atoms with Crippen molar-refractivity contribution in [2.45, 2.75) is 19.3 Å². The fourth-order valence-corrected chi connectivity index (χ4v) is 2.84. The quantitative estimate of drug-likeness (QED) is 0.895. The first-order valence-electron chi connectivity index (χ1n) is 5.98. The van der Waals surface area contributed by atoms with Crippen LogP contribution in [-0.2, 0) is 9.59 Å². The molecule has 1 aliphatic carbocycles. The number of hydrogen-bond acceptors (Lipinski definition) is 2. The van der Waals surface area contributed by atoms with Gasteiger partial charge in [0.1, 0.15) is 5.82 Å². The molecule has 0 aliphatic heterocycles. The minimum absolute atomic E-state index is 0.0588. The Labute approximate surface area is 118 Å². The summed E-state index contributed by atoms with van der Waals surface area (Å²) >= 11 is 3.16. The van der Waals surface area contributed by atoms with Gasteiger partial charge in [-0.2, -0.15) is 0 Å². The van der Waals surface area contributed by atoms with Crippen LogP contribution in [0.2, 0.25) is 0 Å². The minimum Gasteiger partial charge on any atom is -0.481 e. The Hall–Kier alpha value is -1.43. The van der Waals surface area contributed by atoms with Crippen molar-refractivity contribution in [3.63, 3.8) is 0 Å². The van der Waals surface area contributed by atoms with Crippen molar-refractivity contribution >= 4 is 33.5 Å². The van der Waals surface area contributed by atoms with Crippen molar-refractivity contribution in [1.29, 1.82) is 0 Å². The summed E-state index contributed by atoms with van der Waals surface area (Å²) < 4.78 is 14.0. The standard InChI is InChI=1S/C13H13BrFNO3/c14-9-5-2-6-10(15)11(9)16-12(17)7-3-1-4-8(7)13(18)19/h2,5-8H,1,3-4H2,(H,16,17)(H,18,19)/t7-,8+/m1/s1. The summed E-state index contributed by atoms with van der Waals surface area (Å²) in [6.07, 6.45) is 1.72. The van der Waals surface area contributed by atoms with Crippen LogP contribution in [-0.4, -0.2) is 17.0 Å². The molecule has 102 valence electrons. The molecule has 0 aromatic heterocycles. The highest BCUT2D eigenvalue weighted by Gasteiger charge is 2.38. The van der Waals surface area contributed by atoms with Gasteiger partial charge in [0.15, 0.2) is 0 Å². The first-order valence-corrected chi connectivity index (χ1v) is 6.77. The largest absolute Gasteiger partial charge is 0.481 e. The normalized spacial score (nSPS) is 22.2. The van der Waals surface area contributed by atoms with Crippen molar-refractivity contribution in [1.82, 2.24) is 0 Å². The number of anilines is 1. The highest BCUT2D eigenvalue weighted by atomic mass is 79.9. The Morgan fingerprint density at radius 3 is 2.63 bits per heavy atom. The summed E-state index contributed by atoms with van der Waals surface area (Å²) in [5.41, 5.74) is 0.0588. The molecule has 1 aliphatic rings. The van der Waals surface area contributed by atoms with E-state index in [0.717, 1.165) is 0 Å². The first kappa shape index (κ1) is 14.0. The molecule has 0 heterocycles. The van der Waals surface area contributed by atoms with E-state index >= 15 is 0 Å². The fourth-order valence-electron chi connectivity index (χ4n) is 2.40. The van der Waals surface area contributed by atoms with E-state index in [2.05, 4.69) is 21.2 Å². The second-order valence-electron chi connectivity index (χ2n) is 4.57. The third-order valence-corrected chi connectivity index (χ3v) is 4.04. The predicted octanol–water partition coefficient (Wildman–Crippen LogP) is 3.03. The second-order valence-corrected chi connectivity index (χ2v) is 5.42. The molecule has 0 unspecified atom stereocenters. The van der Waals surface area contributed by atoms with Crippen LogP contribution in [0.1, 0.15) is 19.3 Å². The summed E-state index contributed by atoms with van der Waals surface area (Å²) in [6, 6.07) is 4.37. The molecule has 1 saturated carbocycles. The Morgan fingerprint density at radius 2 is 2.00 bits per heavy atom. The average Bonchev–Trinajstić information content (AvgIpc) is 2.83. The van der Waals surface area contributed by atoms with Crippen LogP contribution in [0.3, 0.4) is 0 Å². The Morgan fingerprint density at radius 1 is 1.32 bits per heavy atom. The van der Waals surface area contributed by atoms with Crippen LogP contribution in [0.25, 0.3) is 0 Å². The molecule has 1 amide bonds. The monoisotopic (exact) mass is 329 g/mol. The number of aliphatic carboxylic acids is 1. The molecule has 6 heteroatoms. The molecule has 0 spiro atoms. The molecule has 19 heavy (non-hydrogen) atoms. The van der Waals surface area contributed by atoms with E-state index in [-0.39, 0.29) is 5.69 Å². The SMILES string of the molecule is O=C(O)[C@H]1CCC[C@H]1C(=O)Nc1c(F)cccc1Br. The summed E-state index contributed by atoms with van der Waals surface area (Å²) in [5, 5.41) is 11.5. The third kappa shape index (κ3) is 2.94. The molecule has 0 saturated heterocycles. The van der Waals surface area contributed by atoms with E-state index in [9.17, 15) is 14.0 Å². The highest BCUT2D eigenvalue weighted by Crippen LogP contribution is 2.34. The maximum atomic E-state index is 13.6. The summed E-state index contributed by atoms with van der Waals surface area (Å²) in [5.74, 6) is -3.22. The van der Waals surface area contributed by atoms with E-state index in [1.165, 1.54) is 12.1 Å². The van der Waals surface area contributed by atoms with E-state index in [4.69, 9.17) is 5.11 Å². The lowest BCUT2D eigenvalue weighted by Crippen LogP contribution is -2.30. The minimum atomic E-state index is -0.967. The molecule has 1 aromatic rings. The number of para-hydroxylation sites is 1. The Balaban J connectivity index is 2.15. The van der Waals surface area contributed by atoms with Gasteiger partial charge in [-0.1, -0.05) is 12.5 Å². The first-order chi connectivity index (χ1) is 9.00. The van der Waals surface area contributed by atoms with Gasteiger partial charge >= 0.3 is 5.97 Å². The van der Waals surface area contributed by atoms with E-state index in [1.807, 2.05) is 0 Å². The van der Waals surface area contributed by atoms with Crippen LogP contribution in [0.5, 0.6) is 0 Å². The number of hydrogen-bond donors (Lipinski definition) is 2. The van der Waals surface area contributed by atoms with Crippen molar-refractivity contribution in [3.05, 3.63) is 28.5 Å². The number of carbonyl (C=O) groups is 2. The number of carbonyl (C=O) groups excluding carboxylic acids is 1. The molecule has 0 radical (unpaired) electrons. The van der Waals surface area contributed by atoms with Gasteiger partial charge in [-0.05, 0) is 40.9 Å². The number of benzene rings is 1. The van der Waals surface area contributed by atoms with Gasteiger partial charge in [0.2, 0.25) is 5.91 Å². The van der Waals surface area contributed by atoms with Gasteiger partial charge < -0.3 is 10.4 Å². The number of nitrogens with one attached hydrogen (secondary N) is 1. The van der Waals surface area contributed by atoms with E-state index in [1.54, 1.807) is 6.07 Å². The van der Waals surface area contributed by atoms with Gasteiger partial charge in [0.05, 0.1) is 17.5 Å². The lowest BCUT2D eigenvalue weighted by Gasteiger charge is -2.16. The van der Waals surface area contributed by atoms with Crippen molar-refractivity contribution < 1.29 is 19.1 Å². The summed E-state index contributed by atoms with van der Waals surface area (Å²) in [7, 11) is 0. The molecule has 2 N–H and O–H groups in total. The van der Waals surface area contributed by atoms with Crippen LogP contribution < -0.4 is 5.32 Å². The lowest BCUT2D eigenvalue weighted by atomic mass is 9.95. The van der Waals surface area contributed by atoms with Crippen molar-refractivity contribution in [2.75, 3.05) is 5.32 Å². The molecular weight excluding hydrogens is 317 g/mol. The topological polar surface area (TPSA) is 66.4 Å². The Kier molecular flexibility index (Phi) is 4.19. The zero-order valence-corrected chi connectivity index (χ0v) is 11.6. The number of carboxylic acid groups (broad SMARTS) is 1. The second kappa shape index (κ2) is 5.69. The summed E-state index contributed by atoms with van der Waals surface area (Å²) in [6.45, 7) is 0. The van der Waals surface area contributed by atoms with Crippen LogP contribution in [0.4, 0.5) is 10.1 Å². The van der Waals surface area contributed by atoms with Gasteiger partial charge in [-0.25, -0.2) is 4.39 Å². The predicted molar refractivity (Wildman–Crippen MR) is 71.2 cm³/mol. The summed E-state index contributed by atoms with van der Waals surface area (Å²) in [4.78, 5) is 23.1. The van der Waals surface area contributed by atoms with Crippen LogP contribution in [0.15, 0.2) is 22.7 Å². The molecule has 1 fully saturated rings. The molecular formula is C13H13BrFNO3. The molecule has 0 bridgehead atoms. The van der Waals surface area contributed by atoms with E-state index in [0.29, 0.717) is 23.7 Å². The number of halogens is 2. The number of rotatable bonds is 3.